The van der Waals surface area contributed by atoms with Crippen LogP contribution in [-0.4, -0.2) is 47.0 Å². The van der Waals surface area contributed by atoms with E-state index in [0.29, 0.717) is 31.9 Å². The lowest BCUT2D eigenvalue weighted by molar-refractivity contribution is -0.137. The molecule has 2 aromatic rings. The summed E-state index contributed by atoms with van der Waals surface area (Å²) < 4.78 is 38.5. The number of hydrogen-bond donors (Lipinski definition) is 0. The van der Waals surface area contributed by atoms with Crippen LogP contribution >= 0.6 is 0 Å². The Balaban J connectivity index is 1.66. The minimum absolute atomic E-state index is 0.212. The highest BCUT2D eigenvalue weighted by molar-refractivity contribution is 5.92. The normalized spacial score (nSPS) is 15.4. The SMILES string of the molecule is Cc1cnc(C(=O)N2CCN(c3cccc(C(F)(F)F)c3)CC2)cn1. The number of aryl methyl sites for hydroxylation is 1. The number of carbonyl (C=O) groups is 1. The van der Waals surface area contributed by atoms with Crippen molar-refractivity contribution in [1.29, 1.82) is 0 Å². The number of rotatable bonds is 2. The van der Waals surface area contributed by atoms with Crippen LogP contribution < -0.4 is 4.90 Å². The second kappa shape index (κ2) is 6.70. The quantitative estimate of drug-likeness (QED) is 0.836. The maximum Gasteiger partial charge on any atom is 0.416 e. The first-order valence-corrected chi connectivity index (χ1v) is 7.85. The van der Waals surface area contributed by atoms with Gasteiger partial charge in [-0.2, -0.15) is 13.2 Å². The van der Waals surface area contributed by atoms with Crippen LogP contribution in [-0.2, 0) is 6.18 Å². The molecular formula is C17H17F3N4O. The van der Waals surface area contributed by atoms with Gasteiger partial charge in [0.25, 0.3) is 5.91 Å². The zero-order chi connectivity index (χ0) is 18.0. The Labute approximate surface area is 143 Å². The van der Waals surface area contributed by atoms with E-state index >= 15 is 0 Å². The van der Waals surface area contributed by atoms with E-state index in [1.165, 1.54) is 18.5 Å². The molecular weight excluding hydrogens is 333 g/mol. The highest BCUT2D eigenvalue weighted by Crippen LogP contribution is 2.31. The zero-order valence-electron chi connectivity index (χ0n) is 13.6. The summed E-state index contributed by atoms with van der Waals surface area (Å²) in [7, 11) is 0. The van der Waals surface area contributed by atoms with Gasteiger partial charge in [0.15, 0.2) is 0 Å². The Hall–Kier alpha value is -2.64. The fourth-order valence-electron chi connectivity index (χ4n) is 2.71. The van der Waals surface area contributed by atoms with Crippen LogP contribution in [0.2, 0.25) is 0 Å². The molecule has 0 bridgehead atoms. The summed E-state index contributed by atoms with van der Waals surface area (Å²) in [4.78, 5) is 24.0. The van der Waals surface area contributed by atoms with E-state index in [2.05, 4.69) is 9.97 Å². The molecule has 0 saturated carbocycles. The first-order valence-electron chi connectivity index (χ1n) is 7.85. The highest BCUT2D eigenvalue weighted by atomic mass is 19.4. The molecule has 1 aliphatic heterocycles. The molecule has 2 heterocycles. The molecule has 0 unspecified atom stereocenters. The smallest absolute Gasteiger partial charge is 0.368 e. The van der Waals surface area contributed by atoms with Crippen LogP contribution in [0.15, 0.2) is 36.7 Å². The summed E-state index contributed by atoms with van der Waals surface area (Å²) in [6.45, 7) is 3.56. The maximum absolute atomic E-state index is 12.8. The third-order valence-electron chi connectivity index (χ3n) is 4.11. The number of alkyl halides is 3. The third kappa shape index (κ3) is 3.89. The number of piperazine rings is 1. The van der Waals surface area contributed by atoms with Gasteiger partial charge >= 0.3 is 6.18 Å². The standard InChI is InChI=1S/C17H17F3N4O/c1-12-10-22-15(11-21-12)16(25)24-7-5-23(6-8-24)14-4-2-3-13(9-14)17(18,19)20/h2-4,9-11H,5-8H2,1H3. The lowest BCUT2D eigenvalue weighted by atomic mass is 10.1. The van der Waals surface area contributed by atoms with Gasteiger partial charge in [-0.3, -0.25) is 9.78 Å². The van der Waals surface area contributed by atoms with Crippen LogP contribution in [0.25, 0.3) is 0 Å². The number of aromatic nitrogens is 2. The van der Waals surface area contributed by atoms with Crippen molar-refractivity contribution in [2.24, 2.45) is 0 Å². The molecule has 132 valence electrons. The number of amides is 1. The van der Waals surface area contributed by atoms with Gasteiger partial charge in [0.1, 0.15) is 5.69 Å². The lowest BCUT2D eigenvalue weighted by Crippen LogP contribution is -2.49. The average molecular weight is 350 g/mol. The van der Waals surface area contributed by atoms with Crippen LogP contribution in [0.1, 0.15) is 21.7 Å². The number of halogens is 3. The molecule has 3 rings (SSSR count). The average Bonchev–Trinajstić information content (AvgIpc) is 2.61. The highest BCUT2D eigenvalue weighted by Gasteiger charge is 2.31. The number of hydrogen-bond acceptors (Lipinski definition) is 4. The molecule has 5 nitrogen and oxygen atoms in total. The summed E-state index contributed by atoms with van der Waals surface area (Å²) in [5, 5.41) is 0. The maximum atomic E-state index is 12.8. The number of carbonyl (C=O) groups excluding carboxylic acids is 1. The van der Waals surface area contributed by atoms with Gasteiger partial charge in [-0.15, -0.1) is 0 Å². The Morgan fingerprint density at radius 2 is 1.80 bits per heavy atom. The van der Waals surface area contributed by atoms with Crippen molar-refractivity contribution < 1.29 is 18.0 Å². The zero-order valence-corrected chi connectivity index (χ0v) is 13.6. The molecule has 0 radical (unpaired) electrons. The summed E-state index contributed by atoms with van der Waals surface area (Å²) in [5.41, 5.74) is 0.847. The molecule has 0 aliphatic carbocycles. The summed E-state index contributed by atoms with van der Waals surface area (Å²) in [6, 6.07) is 5.25. The Morgan fingerprint density at radius 1 is 1.08 bits per heavy atom. The molecule has 1 saturated heterocycles. The largest absolute Gasteiger partial charge is 0.416 e. The van der Waals surface area contributed by atoms with Gasteiger partial charge in [-0.05, 0) is 25.1 Å². The summed E-state index contributed by atoms with van der Waals surface area (Å²) in [5.74, 6) is -0.212. The second-order valence-electron chi connectivity index (χ2n) is 5.87. The van der Waals surface area contributed by atoms with E-state index in [1.54, 1.807) is 17.9 Å². The molecule has 0 spiro atoms. The molecule has 25 heavy (non-hydrogen) atoms. The predicted molar refractivity (Wildman–Crippen MR) is 86.3 cm³/mol. The molecule has 1 aromatic carbocycles. The van der Waals surface area contributed by atoms with E-state index in [9.17, 15) is 18.0 Å². The van der Waals surface area contributed by atoms with Gasteiger partial charge < -0.3 is 9.80 Å². The van der Waals surface area contributed by atoms with Gasteiger partial charge in [0, 0.05) is 38.1 Å². The summed E-state index contributed by atoms with van der Waals surface area (Å²) >= 11 is 0. The van der Waals surface area contributed by atoms with Gasteiger partial charge in [0.05, 0.1) is 17.5 Å². The molecule has 0 N–H and O–H groups in total. The molecule has 0 atom stereocenters. The predicted octanol–water partition coefficient (Wildman–Crippen LogP) is 2.77. The monoisotopic (exact) mass is 350 g/mol. The molecule has 1 fully saturated rings. The van der Waals surface area contributed by atoms with Crippen LogP contribution in [0.3, 0.4) is 0 Å². The first-order chi connectivity index (χ1) is 11.8. The minimum Gasteiger partial charge on any atom is -0.368 e. The van der Waals surface area contributed by atoms with Crippen molar-refractivity contribution >= 4 is 11.6 Å². The topological polar surface area (TPSA) is 49.3 Å². The van der Waals surface area contributed by atoms with Gasteiger partial charge in [0.2, 0.25) is 0 Å². The molecule has 1 aromatic heterocycles. The lowest BCUT2D eigenvalue weighted by Gasteiger charge is -2.36. The van der Waals surface area contributed by atoms with Crippen molar-refractivity contribution in [3.05, 3.63) is 53.6 Å². The van der Waals surface area contributed by atoms with Gasteiger partial charge in [-0.1, -0.05) is 6.07 Å². The van der Waals surface area contributed by atoms with Crippen molar-refractivity contribution in [3.63, 3.8) is 0 Å². The third-order valence-corrected chi connectivity index (χ3v) is 4.11. The first kappa shape index (κ1) is 17.2. The van der Waals surface area contributed by atoms with E-state index in [4.69, 9.17) is 0 Å². The van der Waals surface area contributed by atoms with E-state index < -0.39 is 11.7 Å². The van der Waals surface area contributed by atoms with Gasteiger partial charge in [-0.25, -0.2) is 4.98 Å². The van der Waals surface area contributed by atoms with Crippen molar-refractivity contribution in [3.8, 4) is 0 Å². The van der Waals surface area contributed by atoms with Crippen molar-refractivity contribution in [2.45, 2.75) is 13.1 Å². The molecule has 8 heteroatoms. The van der Waals surface area contributed by atoms with Crippen LogP contribution in [0, 0.1) is 6.92 Å². The Morgan fingerprint density at radius 3 is 2.40 bits per heavy atom. The summed E-state index contributed by atoms with van der Waals surface area (Å²) in [6.07, 6.45) is -1.39. The second-order valence-corrected chi connectivity index (χ2v) is 5.87. The van der Waals surface area contributed by atoms with Crippen molar-refractivity contribution in [1.82, 2.24) is 14.9 Å². The van der Waals surface area contributed by atoms with E-state index in [-0.39, 0.29) is 11.6 Å². The number of nitrogens with zero attached hydrogens (tertiary/aromatic N) is 4. The Kier molecular flexibility index (Phi) is 4.61. The minimum atomic E-state index is -4.36. The number of anilines is 1. The fraction of sp³-hybridized carbons (Fsp3) is 0.353. The van der Waals surface area contributed by atoms with Crippen LogP contribution in [0.4, 0.5) is 18.9 Å². The van der Waals surface area contributed by atoms with E-state index in [1.807, 2.05) is 4.90 Å². The van der Waals surface area contributed by atoms with E-state index in [0.717, 1.165) is 17.8 Å². The number of benzene rings is 1. The van der Waals surface area contributed by atoms with Crippen molar-refractivity contribution in [2.75, 3.05) is 31.1 Å². The van der Waals surface area contributed by atoms with Crippen LogP contribution in [0.5, 0.6) is 0 Å². The Bertz CT molecular complexity index is 753. The molecule has 1 amide bonds. The fourth-order valence-corrected chi connectivity index (χ4v) is 2.71. The molecule has 1 aliphatic rings.